The van der Waals surface area contributed by atoms with Gasteiger partial charge in [-0.25, -0.2) is 0 Å². The molecule has 0 radical (unpaired) electrons. The molecular formula is C12H14N2O2. The van der Waals surface area contributed by atoms with Crippen LogP contribution in [0, 0.1) is 0 Å². The zero-order valence-electron chi connectivity index (χ0n) is 9.36. The van der Waals surface area contributed by atoms with Crippen molar-refractivity contribution in [3.63, 3.8) is 0 Å². The van der Waals surface area contributed by atoms with Gasteiger partial charge in [0, 0.05) is 0 Å². The van der Waals surface area contributed by atoms with Gasteiger partial charge in [-0.1, -0.05) is 24.2 Å². The van der Waals surface area contributed by atoms with Gasteiger partial charge >= 0.3 is 0 Å². The molecule has 4 nitrogen and oxygen atoms in total. The molecule has 0 saturated carbocycles. The lowest BCUT2D eigenvalue weighted by atomic mass is 10.0. The number of aryl methyl sites for hydroxylation is 1. The van der Waals surface area contributed by atoms with Crippen molar-refractivity contribution in [2.45, 2.75) is 13.3 Å². The predicted octanol–water partition coefficient (Wildman–Crippen LogP) is 2.49. The van der Waals surface area contributed by atoms with Crippen molar-refractivity contribution < 1.29 is 9.26 Å². The van der Waals surface area contributed by atoms with Gasteiger partial charge < -0.3 is 15.0 Å². The first-order valence-corrected chi connectivity index (χ1v) is 5.14. The Kier molecular flexibility index (Phi) is 2.81. The van der Waals surface area contributed by atoms with Gasteiger partial charge in [-0.05, 0) is 24.1 Å². The zero-order chi connectivity index (χ0) is 11.5. The van der Waals surface area contributed by atoms with Gasteiger partial charge in [0.1, 0.15) is 5.75 Å². The van der Waals surface area contributed by atoms with E-state index in [2.05, 4.69) is 5.16 Å². The van der Waals surface area contributed by atoms with Gasteiger partial charge in [-0.15, -0.1) is 0 Å². The minimum atomic E-state index is 0.352. The second kappa shape index (κ2) is 4.26. The number of rotatable bonds is 3. The molecule has 0 aliphatic heterocycles. The second-order valence-electron chi connectivity index (χ2n) is 3.45. The summed E-state index contributed by atoms with van der Waals surface area (Å²) >= 11 is 0. The number of nitrogens with zero attached hydrogens (tertiary/aromatic N) is 1. The number of nitrogens with two attached hydrogens (primary N) is 1. The largest absolute Gasteiger partial charge is 0.497 e. The van der Waals surface area contributed by atoms with Gasteiger partial charge in [0.25, 0.3) is 0 Å². The topological polar surface area (TPSA) is 61.3 Å². The van der Waals surface area contributed by atoms with Gasteiger partial charge in [0.15, 0.2) is 0 Å². The highest BCUT2D eigenvalue weighted by Gasteiger charge is 2.14. The number of nitrogen functional groups attached to an aromatic ring is 1. The highest BCUT2D eigenvalue weighted by Crippen LogP contribution is 2.31. The van der Waals surface area contributed by atoms with E-state index in [1.54, 1.807) is 7.11 Å². The maximum Gasteiger partial charge on any atom is 0.230 e. The summed E-state index contributed by atoms with van der Waals surface area (Å²) in [5.74, 6) is 1.14. The molecule has 0 atom stereocenters. The van der Waals surface area contributed by atoms with Gasteiger partial charge in [-0.2, -0.15) is 0 Å². The van der Waals surface area contributed by atoms with Crippen LogP contribution in [-0.2, 0) is 6.42 Å². The minimum absolute atomic E-state index is 0.352. The molecule has 2 N–H and O–H groups in total. The predicted molar refractivity (Wildman–Crippen MR) is 62.3 cm³/mol. The fraction of sp³-hybridized carbons (Fsp3) is 0.250. The van der Waals surface area contributed by atoms with Crippen LogP contribution < -0.4 is 10.5 Å². The molecule has 0 aliphatic carbocycles. The molecule has 1 heterocycles. The summed E-state index contributed by atoms with van der Waals surface area (Å²) in [6.07, 6.45) is 0.785. The Morgan fingerprint density at radius 1 is 1.44 bits per heavy atom. The van der Waals surface area contributed by atoms with Crippen molar-refractivity contribution in [1.82, 2.24) is 5.16 Å². The van der Waals surface area contributed by atoms with Gasteiger partial charge in [0.05, 0.1) is 18.4 Å². The first-order chi connectivity index (χ1) is 7.76. The monoisotopic (exact) mass is 218 g/mol. The fourth-order valence-corrected chi connectivity index (χ4v) is 1.67. The van der Waals surface area contributed by atoms with Crippen molar-refractivity contribution in [3.8, 4) is 16.9 Å². The standard InChI is InChI=1S/C12H14N2O2/c1-3-10-11(12(13)16-14-10)8-5-4-6-9(7-8)15-2/h4-7H,3,13H2,1-2H3. The molecule has 0 spiro atoms. The molecule has 4 heteroatoms. The summed E-state index contributed by atoms with van der Waals surface area (Å²) < 4.78 is 10.2. The summed E-state index contributed by atoms with van der Waals surface area (Å²) in [7, 11) is 1.64. The summed E-state index contributed by atoms with van der Waals surface area (Å²) in [6, 6.07) is 7.69. The number of hydrogen-bond donors (Lipinski definition) is 1. The lowest BCUT2D eigenvalue weighted by molar-refractivity contribution is 0.415. The molecule has 1 aromatic heterocycles. The molecule has 0 unspecified atom stereocenters. The van der Waals surface area contributed by atoms with Crippen LogP contribution in [0.25, 0.3) is 11.1 Å². The molecular weight excluding hydrogens is 204 g/mol. The molecule has 0 amide bonds. The molecule has 0 fully saturated rings. The quantitative estimate of drug-likeness (QED) is 0.859. The second-order valence-corrected chi connectivity index (χ2v) is 3.45. The zero-order valence-corrected chi connectivity index (χ0v) is 9.36. The van der Waals surface area contributed by atoms with Crippen molar-refractivity contribution in [2.24, 2.45) is 0 Å². The summed E-state index contributed by atoms with van der Waals surface area (Å²) in [5.41, 5.74) is 8.47. The first-order valence-electron chi connectivity index (χ1n) is 5.14. The van der Waals surface area contributed by atoms with Gasteiger partial charge in [0.2, 0.25) is 5.88 Å². The molecule has 0 bridgehead atoms. The molecule has 2 rings (SSSR count). The van der Waals surface area contributed by atoms with Gasteiger partial charge in [-0.3, -0.25) is 0 Å². The number of hydrogen-bond acceptors (Lipinski definition) is 4. The van der Waals surface area contributed by atoms with Crippen LogP contribution in [0.1, 0.15) is 12.6 Å². The Bertz CT molecular complexity index is 492. The van der Waals surface area contributed by atoms with Crippen LogP contribution in [0.2, 0.25) is 0 Å². The van der Waals surface area contributed by atoms with E-state index in [1.165, 1.54) is 0 Å². The van der Waals surface area contributed by atoms with E-state index in [0.29, 0.717) is 5.88 Å². The molecule has 0 saturated heterocycles. The highest BCUT2D eigenvalue weighted by atomic mass is 16.5. The van der Waals surface area contributed by atoms with Crippen molar-refractivity contribution in [2.75, 3.05) is 12.8 Å². The van der Waals surface area contributed by atoms with Crippen LogP contribution in [0.3, 0.4) is 0 Å². The molecule has 84 valence electrons. The normalized spacial score (nSPS) is 10.4. The van der Waals surface area contributed by atoms with E-state index in [9.17, 15) is 0 Å². The maximum absolute atomic E-state index is 5.77. The maximum atomic E-state index is 5.77. The number of ether oxygens (including phenoxy) is 1. The number of anilines is 1. The lowest BCUT2D eigenvalue weighted by Gasteiger charge is -2.04. The highest BCUT2D eigenvalue weighted by molar-refractivity contribution is 5.75. The average molecular weight is 218 g/mol. The van der Waals surface area contributed by atoms with Crippen LogP contribution in [0.5, 0.6) is 5.75 Å². The number of benzene rings is 1. The lowest BCUT2D eigenvalue weighted by Crippen LogP contribution is -1.90. The summed E-state index contributed by atoms with van der Waals surface area (Å²) in [6.45, 7) is 2.01. The fourth-order valence-electron chi connectivity index (χ4n) is 1.67. The van der Waals surface area contributed by atoms with E-state index in [4.69, 9.17) is 15.0 Å². The minimum Gasteiger partial charge on any atom is -0.497 e. The summed E-state index contributed by atoms with van der Waals surface area (Å²) in [5, 5.41) is 3.93. The van der Waals surface area contributed by atoms with E-state index in [1.807, 2.05) is 31.2 Å². The van der Waals surface area contributed by atoms with E-state index in [-0.39, 0.29) is 0 Å². The Labute approximate surface area is 94.0 Å². The Hall–Kier alpha value is -1.97. The smallest absolute Gasteiger partial charge is 0.230 e. The molecule has 2 aromatic rings. The van der Waals surface area contributed by atoms with Crippen LogP contribution in [0.15, 0.2) is 28.8 Å². The van der Waals surface area contributed by atoms with E-state index < -0.39 is 0 Å². The van der Waals surface area contributed by atoms with Crippen molar-refractivity contribution in [1.29, 1.82) is 0 Å². The van der Waals surface area contributed by atoms with Crippen LogP contribution >= 0.6 is 0 Å². The molecule has 1 aromatic carbocycles. The van der Waals surface area contributed by atoms with Crippen molar-refractivity contribution in [3.05, 3.63) is 30.0 Å². The van der Waals surface area contributed by atoms with E-state index in [0.717, 1.165) is 29.0 Å². The van der Waals surface area contributed by atoms with E-state index >= 15 is 0 Å². The SMILES string of the molecule is CCc1noc(N)c1-c1cccc(OC)c1. The Morgan fingerprint density at radius 3 is 2.94 bits per heavy atom. The number of aromatic nitrogens is 1. The third-order valence-corrected chi connectivity index (χ3v) is 2.48. The molecule has 16 heavy (non-hydrogen) atoms. The average Bonchev–Trinajstić information content (AvgIpc) is 2.70. The summed E-state index contributed by atoms with van der Waals surface area (Å²) in [4.78, 5) is 0. The third-order valence-electron chi connectivity index (χ3n) is 2.48. The van der Waals surface area contributed by atoms with Crippen LogP contribution in [0.4, 0.5) is 5.88 Å². The Balaban J connectivity index is 2.53. The molecule has 0 aliphatic rings. The first kappa shape index (κ1) is 10.5. The Morgan fingerprint density at radius 2 is 2.25 bits per heavy atom. The number of methoxy groups -OCH3 is 1. The van der Waals surface area contributed by atoms with Crippen molar-refractivity contribution >= 4 is 5.88 Å². The van der Waals surface area contributed by atoms with Crippen LogP contribution in [-0.4, -0.2) is 12.3 Å². The third kappa shape index (κ3) is 1.74.